The SMILES string of the molecule is CCNCCCc1cnn(Cc2cccc(F)c2)c1. The molecule has 0 bridgehead atoms. The summed E-state index contributed by atoms with van der Waals surface area (Å²) in [5.74, 6) is -0.199. The molecule has 1 N–H and O–H groups in total. The summed E-state index contributed by atoms with van der Waals surface area (Å²) in [6.07, 6.45) is 6.07. The highest BCUT2D eigenvalue weighted by Gasteiger charge is 2.01. The molecule has 0 saturated carbocycles. The third-order valence-corrected chi connectivity index (χ3v) is 2.99. The van der Waals surface area contributed by atoms with Crippen LogP contribution >= 0.6 is 0 Å². The lowest BCUT2D eigenvalue weighted by Gasteiger charge is -2.02. The van der Waals surface area contributed by atoms with Crippen LogP contribution in [-0.2, 0) is 13.0 Å². The second-order valence-electron chi connectivity index (χ2n) is 4.63. The molecule has 0 unspecified atom stereocenters. The van der Waals surface area contributed by atoms with Crippen LogP contribution in [0, 0.1) is 5.82 Å². The van der Waals surface area contributed by atoms with E-state index in [1.807, 2.05) is 23.1 Å². The van der Waals surface area contributed by atoms with E-state index in [4.69, 9.17) is 0 Å². The maximum Gasteiger partial charge on any atom is 0.123 e. The van der Waals surface area contributed by atoms with Gasteiger partial charge in [-0.15, -0.1) is 0 Å². The van der Waals surface area contributed by atoms with Gasteiger partial charge in [0.1, 0.15) is 5.82 Å². The van der Waals surface area contributed by atoms with Crippen molar-refractivity contribution in [2.75, 3.05) is 13.1 Å². The molecule has 1 aromatic heterocycles. The first kappa shape index (κ1) is 13.7. The van der Waals surface area contributed by atoms with Gasteiger partial charge in [-0.05, 0) is 49.2 Å². The maximum absolute atomic E-state index is 13.1. The van der Waals surface area contributed by atoms with Gasteiger partial charge in [0.05, 0.1) is 12.7 Å². The van der Waals surface area contributed by atoms with Crippen molar-refractivity contribution < 1.29 is 4.39 Å². The lowest BCUT2D eigenvalue weighted by atomic mass is 10.2. The minimum atomic E-state index is -0.199. The topological polar surface area (TPSA) is 29.9 Å². The lowest BCUT2D eigenvalue weighted by molar-refractivity contribution is 0.619. The van der Waals surface area contributed by atoms with Crippen molar-refractivity contribution in [2.45, 2.75) is 26.3 Å². The number of hydrogen-bond donors (Lipinski definition) is 1. The van der Waals surface area contributed by atoms with E-state index in [0.717, 1.165) is 31.5 Å². The molecular weight excluding hydrogens is 241 g/mol. The van der Waals surface area contributed by atoms with Gasteiger partial charge in [0.25, 0.3) is 0 Å². The van der Waals surface area contributed by atoms with Crippen LogP contribution in [0.3, 0.4) is 0 Å². The zero-order valence-electron chi connectivity index (χ0n) is 11.3. The van der Waals surface area contributed by atoms with Gasteiger partial charge >= 0.3 is 0 Å². The van der Waals surface area contributed by atoms with Crippen molar-refractivity contribution in [1.29, 1.82) is 0 Å². The maximum atomic E-state index is 13.1. The van der Waals surface area contributed by atoms with Gasteiger partial charge in [0.2, 0.25) is 0 Å². The Labute approximate surface area is 113 Å². The summed E-state index contributed by atoms with van der Waals surface area (Å²) < 4.78 is 14.9. The van der Waals surface area contributed by atoms with E-state index in [9.17, 15) is 4.39 Å². The third kappa shape index (κ3) is 4.48. The first-order chi connectivity index (χ1) is 9.28. The quantitative estimate of drug-likeness (QED) is 0.776. The molecule has 102 valence electrons. The van der Waals surface area contributed by atoms with E-state index < -0.39 is 0 Å². The number of halogens is 1. The molecule has 3 nitrogen and oxygen atoms in total. The summed E-state index contributed by atoms with van der Waals surface area (Å²) in [6.45, 7) is 4.77. The average Bonchev–Trinajstić information content (AvgIpc) is 2.82. The summed E-state index contributed by atoms with van der Waals surface area (Å²) in [7, 11) is 0. The summed E-state index contributed by atoms with van der Waals surface area (Å²) in [5.41, 5.74) is 2.16. The zero-order chi connectivity index (χ0) is 13.5. The Kier molecular flexibility index (Phi) is 5.10. The van der Waals surface area contributed by atoms with E-state index in [1.54, 1.807) is 12.1 Å². The van der Waals surface area contributed by atoms with Crippen molar-refractivity contribution in [3.8, 4) is 0 Å². The second kappa shape index (κ2) is 7.04. The molecule has 2 aromatic rings. The first-order valence-corrected chi connectivity index (χ1v) is 6.74. The van der Waals surface area contributed by atoms with Crippen LogP contribution in [0.15, 0.2) is 36.7 Å². The van der Waals surface area contributed by atoms with Gasteiger partial charge < -0.3 is 5.32 Å². The van der Waals surface area contributed by atoms with Crippen LogP contribution in [0.5, 0.6) is 0 Å². The molecule has 1 heterocycles. The second-order valence-corrected chi connectivity index (χ2v) is 4.63. The van der Waals surface area contributed by atoms with Crippen LogP contribution in [0.25, 0.3) is 0 Å². The van der Waals surface area contributed by atoms with Crippen LogP contribution < -0.4 is 5.32 Å². The molecule has 0 saturated heterocycles. The molecule has 0 aliphatic carbocycles. The monoisotopic (exact) mass is 261 g/mol. The van der Waals surface area contributed by atoms with Crippen LogP contribution in [0.4, 0.5) is 4.39 Å². The number of rotatable bonds is 7. The molecule has 0 radical (unpaired) electrons. The Morgan fingerprint density at radius 1 is 1.32 bits per heavy atom. The van der Waals surface area contributed by atoms with Crippen molar-refractivity contribution in [1.82, 2.24) is 15.1 Å². The number of aryl methyl sites for hydroxylation is 1. The molecule has 1 aromatic carbocycles. The van der Waals surface area contributed by atoms with Gasteiger partial charge in [-0.2, -0.15) is 5.10 Å². The molecule has 0 spiro atoms. The number of benzene rings is 1. The molecular formula is C15H20FN3. The summed E-state index contributed by atoms with van der Waals surface area (Å²) in [6, 6.07) is 6.65. The van der Waals surface area contributed by atoms with E-state index in [-0.39, 0.29) is 5.82 Å². The standard InChI is InChI=1S/C15H20FN3/c1-2-17-8-4-6-14-10-18-19(12-14)11-13-5-3-7-15(16)9-13/h3,5,7,9-10,12,17H,2,4,6,8,11H2,1H3. The summed E-state index contributed by atoms with van der Waals surface area (Å²) in [4.78, 5) is 0. The minimum Gasteiger partial charge on any atom is -0.317 e. The van der Waals surface area contributed by atoms with Gasteiger partial charge in [0.15, 0.2) is 0 Å². The lowest BCUT2D eigenvalue weighted by Crippen LogP contribution is -2.14. The molecule has 0 aliphatic heterocycles. The summed E-state index contributed by atoms with van der Waals surface area (Å²) >= 11 is 0. The van der Waals surface area contributed by atoms with Gasteiger partial charge in [-0.1, -0.05) is 19.1 Å². The Morgan fingerprint density at radius 2 is 2.21 bits per heavy atom. The van der Waals surface area contributed by atoms with E-state index in [1.165, 1.54) is 11.6 Å². The highest BCUT2D eigenvalue weighted by Crippen LogP contribution is 2.07. The smallest absolute Gasteiger partial charge is 0.123 e. The van der Waals surface area contributed by atoms with Gasteiger partial charge in [0, 0.05) is 6.20 Å². The Bertz CT molecular complexity index is 508. The van der Waals surface area contributed by atoms with E-state index >= 15 is 0 Å². The zero-order valence-corrected chi connectivity index (χ0v) is 11.3. The number of hydrogen-bond acceptors (Lipinski definition) is 2. The van der Waals surface area contributed by atoms with Gasteiger partial charge in [-0.25, -0.2) is 4.39 Å². The molecule has 0 amide bonds. The van der Waals surface area contributed by atoms with Crippen molar-refractivity contribution in [2.24, 2.45) is 0 Å². The van der Waals surface area contributed by atoms with Crippen LogP contribution in [-0.4, -0.2) is 22.9 Å². The number of aromatic nitrogens is 2. The normalized spacial score (nSPS) is 10.8. The third-order valence-electron chi connectivity index (χ3n) is 2.99. The highest BCUT2D eigenvalue weighted by molar-refractivity contribution is 5.17. The largest absolute Gasteiger partial charge is 0.317 e. The average molecular weight is 261 g/mol. The molecule has 4 heteroatoms. The predicted octanol–water partition coefficient (Wildman–Crippen LogP) is 2.61. The summed E-state index contributed by atoms with van der Waals surface area (Å²) in [5, 5.41) is 7.62. The number of nitrogens with zero attached hydrogens (tertiary/aromatic N) is 2. The van der Waals surface area contributed by atoms with Crippen LogP contribution in [0.1, 0.15) is 24.5 Å². The Morgan fingerprint density at radius 3 is 3.00 bits per heavy atom. The molecule has 2 rings (SSSR count). The van der Waals surface area contributed by atoms with Gasteiger partial charge in [-0.3, -0.25) is 4.68 Å². The Balaban J connectivity index is 1.87. The fraction of sp³-hybridized carbons (Fsp3) is 0.400. The molecule has 0 fully saturated rings. The number of nitrogens with one attached hydrogen (secondary N) is 1. The minimum absolute atomic E-state index is 0.199. The van der Waals surface area contributed by atoms with E-state index in [0.29, 0.717) is 6.54 Å². The molecule has 0 atom stereocenters. The molecule has 0 aliphatic rings. The van der Waals surface area contributed by atoms with Crippen molar-refractivity contribution >= 4 is 0 Å². The fourth-order valence-electron chi connectivity index (χ4n) is 2.04. The fourth-order valence-corrected chi connectivity index (χ4v) is 2.04. The first-order valence-electron chi connectivity index (χ1n) is 6.74. The predicted molar refractivity (Wildman–Crippen MR) is 74.6 cm³/mol. The van der Waals surface area contributed by atoms with E-state index in [2.05, 4.69) is 17.3 Å². The van der Waals surface area contributed by atoms with Crippen molar-refractivity contribution in [3.63, 3.8) is 0 Å². The highest BCUT2D eigenvalue weighted by atomic mass is 19.1. The van der Waals surface area contributed by atoms with Crippen LogP contribution in [0.2, 0.25) is 0 Å². The Hall–Kier alpha value is -1.68. The van der Waals surface area contributed by atoms with Crippen molar-refractivity contribution in [3.05, 3.63) is 53.6 Å². The molecule has 19 heavy (non-hydrogen) atoms.